The van der Waals surface area contributed by atoms with E-state index in [1.54, 1.807) is 18.9 Å². The summed E-state index contributed by atoms with van der Waals surface area (Å²) in [4.78, 5) is 14.6. The van der Waals surface area contributed by atoms with Crippen molar-refractivity contribution < 1.29 is 19.0 Å². The predicted octanol–water partition coefficient (Wildman–Crippen LogP) is 2.66. The van der Waals surface area contributed by atoms with Gasteiger partial charge in [-0.25, -0.2) is 4.79 Å². The molecule has 2 atom stereocenters. The first kappa shape index (κ1) is 17.8. The number of esters is 1. The van der Waals surface area contributed by atoms with Crippen molar-refractivity contribution in [3.05, 3.63) is 42.0 Å². The molecule has 23 heavy (non-hydrogen) atoms. The molecule has 1 saturated heterocycles. The van der Waals surface area contributed by atoms with Gasteiger partial charge in [0.2, 0.25) is 5.72 Å². The molecule has 0 N–H and O–H groups in total. The van der Waals surface area contributed by atoms with Gasteiger partial charge in [-0.15, -0.1) is 11.8 Å². The zero-order valence-corrected chi connectivity index (χ0v) is 14.8. The third-order valence-corrected chi connectivity index (χ3v) is 5.43. The van der Waals surface area contributed by atoms with Gasteiger partial charge in [0.15, 0.2) is 0 Å². The Morgan fingerprint density at radius 1 is 1.39 bits per heavy atom. The minimum Gasteiger partial charge on any atom is -0.497 e. The molecule has 1 unspecified atom stereocenters. The number of benzene rings is 1. The smallest absolute Gasteiger partial charge is 0.359 e. The maximum Gasteiger partial charge on any atom is 0.359 e. The highest BCUT2D eigenvalue weighted by atomic mass is 32.2. The van der Waals surface area contributed by atoms with E-state index in [1.165, 1.54) is 7.11 Å². The third-order valence-electron chi connectivity index (χ3n) is 4.12. The van der Waals surface area contributed by atoms with Crippen molar-refractivity contribution in [2.24, 2.45) is 0 Å². The van der Waals surface area contributed by atoms with Crippen LogP contribution in [0.3, 0.4) is 0 Å². The fourth-order valence-electron chi connectivity index (χ4n) is 2.56. The van der Waals surface area contributed by atoms with Gasteiger partial charge >= 0.3 is 5.97 Å². The summed E-state index contributed by atoms with van der Waals surface area (Å²) in [6, 6.07) is 7.40. The summed E-state index contributed by atoms with van der Waals surface area (Å²) in [5.41, 5.74) is 0.360. The molecule has 0 aliphatic carbocycles. The molecule has 0 spiro atoms. The Kier molecular flexibility index (Phi) is 5.73. The van der Waals surface area contributed by atoms with Gasteiger partial charge in [0.05, 0.1) is 12.5 Å². The minimum absolute atomic E-state index is 0.133. The summed E-state index contributed by atoms with van der Waals surface area (Å²) in [5.74, 6) is 0.993. The molecule has 1 aliphatic rings. The minimum atomic E-state index is -1.23. The number of nitrogens with zero attached hydrogens (tertiary/aromatic N) is 1. The van der Waals surface area contributed by atoms with Gasteiger partial charge in [-0.05, 0) is 37.2 Å². The molecule has 0 amide bonds. The lowest BCUT2D eigenvalue weighted by Gasteiger charge is -2.45. The first-order valence-corrected chi connectivity index (χ1v) is 8.38. The Bertz CT molecular complexity index is 574. The summed E-state index contributed by atoms with van der Waals surface area (Å²) in [5, 5.41) is 0.133. The summed E-state index contributed by atoms with van der Waals surface area (Å²) in [6.07, 6.45) is 0. The summed E-state index contributed by atoms with van der Waals surface area (Å²) in [7, 11) is 4.97. The van der Waals surface area contributed by atoms with Crippen molar-refractivity contribution in [2.75, 3.05) is 27.0 Å². The highest BCUT2D eigenvalue weighted by Crippen LogP contribution is 2.38. The summed E-state index contributed by atoms with van der Waals surface area (Å²) < 4.78 is 16.2. The van der Waals surface area contributed by atoms with Gasteiger partial charge in [-0.2, -0.15) is 0 Å². The van der Waals surface area contributed by atoms with Crippen LogP contribution in [0.4, 0.5) is 0 Å². The highest BCUT2D eigenvalue weighted by Gasteiger charge is 2.51. The van der Waals surface area contributed by atoms with E-state index in [0.717, 1.165) is 11.3 Å². The first-order chi connectivity index (χ1) is 11.0. The Hall–Kier alpha value is -1.50. The Labute approximate surface area is 141 Å². The van der Waals surface area contributed by atoms with Crippen LogP contribution in [0, 0.1) is 0 Å². The number of hydrogen-bond acceptors (Lipinski definition) is 6. The molecule has 0 radical (unpaired) electrons. The Balaban J connectivity index is 2.11. The number of carbonyl (C=O) groups is 1. The van der Waals surface area contributed by atoms with Crippen molar-refractivity contribution in [1.29, 1.82) is 0 Å². The van der Waals surface area contributed by atoms with Crippen molar-refractivity contribution in [2.45, 2.75) is 24.6 Å². The number of likely N-dealkylation sites (N-methyl/N-ethyl adjacent to an activating group) is 1. The van der Waals surface area contributed by atoms with Crippen LogP contribution in [0.2, 0.25) is 0 Å². The fraction of sp³-hybridized carbons (Fsp3) is 0.471. The molecule has 1 heterocycles. The van der Waals surface area contributed by atoms with Crippen LogP contribution < -0.4 is 4.74 Å². The van der Waals surface area contributed by atoms with E-state index in [1.807, 2.05) is 43.1 Å². The number of rotatable bonds is 5. The van der Waals surface area contributed by atoms with E-state index in [2.05, 4.69) is 6.58 Å². The molecular formula is C17H23NO4S. The second-order valence-electron chi connectivity index (χ2n) is 5.40. The van der Waals surface area contributed by atoms with Crippen LogP contribution in [-0.2, 0) is 20.9 Å². The summed E-state index contributed by atoms with van der Waals surface area (Å²) in [6.45, 7) is 6.22. The molecule has 1 aliphatic heterocycles. The zero-order valence-electron chi connectivity index (χ0n) is 14.0. The zero-order chi connectivity index (χ0) is 17.0. The van der Waals surface area contributed by atoms with E-state index < -0.39 is 11.7 Å². The number of ether oxygens (including phenoxy) is 3. The van der Waals surface area contributed by atoms with Crippen LogP contribution in [-0.4, -0.2) is 49.0 Å². The van der Waals surface area contributed by atoms with Gasteiger partial charge in [0, 0.05) is 12.9 Å². The van der Waals surface area contributed by atoms with E-state index in [-0.39, 0.29) is 12.0 Å². The van der Waals surface area contributed by atoms with Crippen molar-refractivity contribution in [3.63, 3.8) is 0 Å². The molecule has 1 fully saturated rings. The lowest BCUT2D eigenvalue weighted by atomic mass is 10.0. The lowest BCUT2D eigenvalue weighted by Crippen LogP contribution is -2.61. The second-order valence-corrected chi connectivity index (χ2v) is 6.70. The predicted molar refractivity (Wildman–Crippen MR) is 91.4 cm³/mol. The fourth-order valence-corrected chi connectivity index (χ4v) is 3.57. The monoisotopic (exact) mass is 337 g/mol. The third kappa shape index (κ3) is 3.39. The van der Waals surface area contributed by atoms with Crippen molar-refractivity contribution >= 4 is 17.7 Å². The average Bonchev–Trinajstić information content (AvgIpc) is 2.58. The molecule has 5 nitrogen and oxygen atoms in total. The number of methoxy groups -OCH3 is 2. The Morgan fingerprint density at radius 2 is 2.04 bits per heavy atom. The van der Waals surface area contributed by atoms with Gasteiger partial charge in [0.1, 0.15) is 12.4 Å². The van der Waals surface area contributed by atoms with E-state index in [4.69, 9.17) is 14.2 Å². The van der Waals surface area contributed by atoms with Crippen LogP contribution >= 0.6 is 11.8 Å². The quantitative estimate of drug-likeness (QED) is 0.608. The first-order valence-electron chi connectivity index (χ1n) is 7.33. The number of thioether (sulfide) groups is 1. The maximum atomic E-state index is 12.7. The molecular weight excluding hydrogens is 314 g/mol. The average molecular weight is 337 g/mol. The molecule has 1 aromatic carbocycles. The van der Waals surface area contributed by atoms with Crippen LogP contribution in [0.25, 0.3) is 0 Å². The largest absolute Gasteiger partial charge is 0.497 e. The molecule has 0 aromatic heterocycles. The number of hydrogen-bond donors (Lipinski definition) is 0. The van der Waals surface area contributed by atoms with Gasteiger partial charge in [-0.1, -0.05) is 18.7 Å². The van der Waals surface area contributed by atoms with Crippen molar-refractivity contribution in [1.82, 2.24) is 4.90 Å². The lowest BCUT2D eigenvalue weighted by molar-refractivity contribution is -0.187. The van der Waals surface area contributed by atoms with E-state index in [9.17, 15) is 4.79 Å². The van der Waals surface area contributed by atoms with Crippen LogP contribution in [0.5, 0.6) is 5.75 Å². The van der Waals surface area contributed by atoms with E-state index >= 15 is 0 Å². The highest BCUT2D eigenvalue weighted by molar-refractivity contribution is 8.00. The number of carbonyl (C=O) groups excluding carboxylic acids is 1. The van der Waals surface area contributed by atoms with Gasteiger partial charge < -0.3 is 14.2 Å². The van der Waals surface area contributed by atoms with Crippen molar-refractivity contribution in [3.8, 4) is 5.75 Å². The molecule has 2 rings (SSSR count). The van der Waals surface area contributed by atoms with E-state index in [0.29, 0.717) is 11.3 Å². The summed E-state index contributed by atoms with van der Waals surface area (Å²) >= 11 is 1.71. The molecule has 0 bridgehead atoms. The van der Waals surface area contributed by atoms with Crippen LogP contribution in [0.15, 0.2) is 36.4 Å². The molecule has 6 heteroatoms. The standard InChI is InChI=1S/C17H23NO4S/c1-12-11-23-13(2)18(3)17(12,21-5)16(19)22-10-14-6-8-15(20-4)9-7-14/h6-9,13H,1,10-11H2,2-5H3/t13-,17?/m1/s1. The normalized spacial score (nSPS) is 25.2. The maximum absolute atomic E-state index is 12.7. The van der Waals surface area contributed by atoms with Crippen LogP contribution in [0.1, 0.15) is 12.5 Å². The molecule has 126 valence electrons. The molecule has 0 saturated carbocycles. The topological polar surface area (TPSA) is 48.0 Å². The molecule has 1 aromatic rings. The van der Waals surface area contributed by atoms with Gasteiger partial charge in [0.25, 0.3) is 0 Å². The SMILES string of the molecule is C=C1CS[C@H](C)N(C)C1(OC)C(=O)OCc1ccc(OC)cc1. The second kappa shape index (κ2) is 7.38. The Morgan fingerprint density at radius 3 is 2.61 bits per heavy atom. The van der Waals surface area contributed by atoms with Gasteiger partial charge in [-0.3, -0.25) is 4.90 Å².